The van der Waals surface area contributed by atoms with Crippen LogP contribution < -0.4 is 0 Å². The van der Waals surface area contributed by atoms with Gasteiger partial charge in [0.15, 0.2) is 5.76 Å². The third kappa shape index (κ3) is 4.20. The predicted octanol–water partition coefficient (Wildman–Crippen LogP) is 5.04. The molecule has 1 aromatic heterocycles. The van der Waals surface area contributed by atoms with Gasteiger partial charge in [0.1, 0.15) is 11.4 Å². The number of carbonyl (C=O) groups excluding carboxylic acids is 2. The summed E-state index contributed by atoms with van der Waals surface area (Å²) in [4.78, 5) is 29.9. The van der Waals surface area contributed by atoms with E-state index < -0.39 is 0 Å². The molecule has 0 radical (unpaired) electrons. The fraction of sp³-hybridized carbons (Fsp3) is 0.360. The summed E-state index contributed by atoms with van der Waals surface area (Å²) in [5.41, 5.74) is 1.87. The molecular formula is C25H27FN2O3. The lowest BCUT2D eigenvalue weighted by Crippen LogP contribution is -2.49. The van der Waals surface area contributed by atoms with Gasteiger partial charge in [0, 0.05) is 42.2 Å². The van der Waals surface area contributed by atoms with E-state index in [9.17, 15) is 14.0 Å². The second-order valence-corrected chi connectivity index (χ2v) is 8.08. The maximum atomic E-state index is 13.7. The van der Waals surface area contributed by atoms with Crippen LogP contribution in [0.25, 0.3) is 11.0 Å². The van der Waals surface area contributed by atoms with Gasteiger partial charge in [-0.05, 0) is 56.5 Å². The van der Waals surface area contributed by atoms with Crippen LogP contribution in [-0.4, -0.2) is 47.3 Å². The fourth-order valence-corrected chi connectivity index (χ4v) is 4.36. The Hall–Kier alpha value is -3.15. The molecule has 3 aromatic rings. The van der Waals surface area contributed by atoms with Crippen LogP contribution >= 0.6 is 0 Å². The molecule has 2 amide bonds. The second-order valence-electron chi connectivity index (χ2n) is 8.08. The number of hydrogen-bond acceptors (Lipinski definition) is 3. The first-order valence-corrected chi connectivity index (χ1v) is 10.8. The summed E-state index contributed by atoms with van der Waals surface area (Å²) in [5, 5.41) is 0.628. The highest BCUT2D eigenvalue weighted by molar-refractivity contribution is 5.99. The van der Waals surface area contributed by atoms with Crippen molar-refractivity contribution in [1.82, 2.24) is 9.80 Å². The molecule has 0 aliphatic carbocycles. The van der Waals surface area contributed by atoms with Crippen LogP contribution in [0.15, 0.2) is 52.9 Å². The highest BCUT2D eigenvalue weighted by Crippen LogP contribution is 2.29. The number of piperidine rings is 1. The van der Waals surface area contributed by atoms with E-state index >= 15 is 0 Å². The van der Waals surface area contributed by atoms with Crippen LogP contribution in [0.1, 0.15) is 52.7 Å². The Bertz CT molecular complexity index is 1080. The first-order chi connectivity index (χ1) is 15.0. The quantitative estimate of drug-likeness (QED) is 0.579. The molecule has 1 aliphatic heterocycles. The largest absolute Gasteiger partial charge is 0.451 e. The lowest BCUT2D eigenvalue weighted by molar-refractivity contribution is 0.0499. The minimum absolute atomic E-state index is 0.0302. The molecule has 6 heteroatoms. The van der Waals surface area contributed by atoms with Gasteiger partial charge in [0.05, 0.1) is 0 Å². The van der Waals surface area contributed by atoms with E-state index in [1.165, 1.54) is 12.1 Å². The third-order valence-electron chi connectivity index (χ3n) is 6.03. The van der Waals surface area contributed by atoms with Crippen molar-refractivity contribution in [2.45, 2.75) is 39.2 Å². The Kier molecular flexibility index (Phi) is 6.07. The van der Waals surface area contributed by atoms with E-state index in [1.54, 1.807) is 13.0 Å². The molecular weight excluding hydrogens is 395 g/mol. The van der Waals surface area contributed by atoms with Gasteiger partial charge in [-0.25, -0.2) is 4.39 Å². The normalized spacial score (nSPS) is 14.7. The molecule has 1 aliphatic rings. The third-order valence-corrected chi connectivity index (χ3v) is 6.03. The number of amides is 2. The molecule has 31 heavy (non-hydrogen) atoms. The number of benzene rings is 2. The standard InChI is InChI=1S/C25H27FN2O3/c1-3-13-28(25(30)23-17(2)21-16-19(26)9-10-22(21)31-23)20-11-14-27(15-12-20)24(29)18-7-5-4-6-8-18/h4-10,16,20H,3,11-15H2,1-2H3. The Labute approximate surface area is 181 Å². The molecule has 0 N–H and O–H groups in total. The smallest absolute Gasteiger partial charge is 0.290 e. The van der Waals surface area contributed by atoms with E-state index in [2.05, 4.69) is 0 Å². The number of halogens is 1. The van der Waals surface area contributed by atoms with E-state index in [0.717, 1.165) is 19.3 Å². The number of rotatable bonds is 5. The zero-order chi connectivity index (χ0) is 22.0. The Balaban J connectivity index is 1.50. The van der Waals surface area contributed by atoms with Gasteiger partial charge in [0.2, 0.25) is 0 Å². The average molecular weight is 423 g/mol. The highest BCUT2D eigenvalue weighted by atomic mass is 19.1. The summed E-state index contributed by atoms with van der Waals surface area (Å²) < 4.78 is 19.5. The highest BCUT2D eigenvalue weighted by Gasteiger charge is 2.32. The van der Waals surface area contributed by atoms with Crippen molar-refractivity contribution in [3.8, 4) is 0 Å². The van der Waals surface area contributed by atoms with Crippen LogP contribution in [0.3, 0.4) is 0 Å². The molecule has 4 rings (SSSR count). The van der Waals surface area contributed by atoms with Gasteiger partial charge < -0.3 is 14.2 Å². The minimum Gasteiger partial charge on any atom is -0.451 e. The Morgan fingerprint density at radius 3 is 2.52 bits per heavy atom. The summed E-state index contributed by atoms with van der Waals surface area (Å²) in [6.45, 7) is 5.66. The summed E-state index contributed by atoms with van der Waals surface area (Å²) in [6, 6.07) is 13.6. The van der Waals surface area contributed by atoms with Gasteiger partial charge in [-0.15, -0.1) is 0 Å². The lowest BCUT2D eigenvalue weighted by Gasteiger charge is -2.38. The van der Waals surface area contributed by atoms with Crippen LogP contribution in [0, 0.1) is 12.7 Å². The first kappa shape index (κ1) is 21.1. The van der Waals surface area contributed by atoms with Crippen LogP contribution in [-0.2, 0) is 0 Å². The summed E-state index contributed by atoms with van der Waals surface area (Å²) in [7, 11) is 0. The molecule has 0 spiro atoms. The van der Waals surface area contributed by atoms with Crippen molar-refractivity contribution in [2.24, 2.45) is 0 Å². The minimum atomic E-state index is -0.351. The maximum Gasteiger partial charge on any atom is 0.290 e. The van der Waals surface area contributed by atoms with Crippen molar-refractivity contribution in [2.75, 3.05) is 19.6 Å². The van der Waals surface area contributed by atoms with Crippen molar-refractivity contribution < 1.29 is 18.4 Å². The number of hydrogen-bond donors (Lipinski definition) is 0. The number of furan rings is 1. The topological polar surface area (TPSA) is 53.8 Å². The van der Waals surface area contributed by atoms with E-state index in [1.807, 2.05) is 47.1 Å². The van der Waals surface area contributed by atoms with Crippen LogP contribution in [0.4, 0.5) is 4.39 Å². The fourth-order valence-electron chi connectivity index (χ4n) is 4.36. The number of likely N-dealkylation sites (tertiary alicyclic amines) is 1. The maximum absolute atomic E-state index is 13.7. The molecule has 5 nitrogen and oxygen atoms in total. The van der Waals surface area contributed by atoms with Gasteiger partial charge >= 0.3 is 0 Å². The molecule has 2 aromatic carbocycles. The molecule has 0 unspecified atom stereocenters. The number of carbonyl (C=O) groups is 2. The van der Waals surface area contributed by atoms with Crippen LogP contribution in [0.5, 0.6) is 0 Å². The molecule has 1 fully saturated rings. The second kappa shape index (κ2) is 8.92. The van der Waals surface area contributed by atoms with Gasteiger partial charge in [0.25, 0.3) is 11.8 Å². The average Bonchev–Trinajstić information content (AvgIpc) is 3.13. The van der Waals surface area contributed by atoms with Crippen molar-refractivity contribution in [3.63, 3.8) is 0 Å². The summed E-state index contributed by atoms with van der Waals surface area (Å²) in [5.74, 6) is -0.209. The number of nitrogens with zero attached hydrogens (tertiary/aromatic N) is 2. The first-order valence-electron chi connectivity index (χ1n) is 10.8. The van der Waals surface area contributed by atoms with Gasteiger partial charge in [-0.2, -0.15) is 0 Å². The Morgan fingerprint density at radius 1 is 1.13 bits per heavy atom. The van der Waals surface area contributed by atoms with E-state index in [-0.39, 0.29) is 29.4 Å². The Morgan fingerprint density at radius 2 is 1.84 bits per heavy atom. The summed E-state index contributed by atoms with van der Waals surface area (Å²) in [6.07, 6.45) is 2.26. The zero-order valence-corrected chi connectivity index (χ0v) is 17.9. The van der Waals surface area contributed by atoms with Crippen LogP contribution in [0.2, 0.25) is 0 Å². The van der Waals surface area contributed by atoms with Crippen molar-refractivity contribution >= 4 is 22.8 Å². The molecule has 0 atom stereocenters. The SMILES string of the molecule is CCCN(C(=O)c1oc2ccc(F)cc2c1C)C1CCN(C(=O)c2ccccc2)CC1. The predicted molar refractivity (Wildman–Crippen MR) is 118 cm³/mol. The van der Waals surface area contributed by atoms with Gasteiger partial charge in [-0.3, -0.25) is 9.59 Å². The molecule has 0 bridgehead atoms. The number of aryl methyl sites for hydroxylation is 1. The molecule has 0 saturated carbocycles. The molecule has 162 valence electrons. The zero-order valence-electron chi connectivity index (χ0n) is 17.9. The van der Waals surface area contributed by atoms with Crippen molar-refractivity contribution in [3.05, 3.63) is 71.2 Å². The lowest BCUT2D eigenvalue weighted by atomic mass is 10.0. The molecule has 1 saturated heterocycles. The number of fused-ring (bicyclic) bond motifs is 1. The monoisotopic (exact) mass is 422 g/mol. The van der Waals surface area contributed by atoms with E-state index in [0.29, 0.717) is 41.7 Å². The van der Waals surface area contributed by atoms with Crippen molar-refractivity contribution in [1.29, 1.82) is 0 Å². The summed E-state index contributed by atoms with van der Waals surface area (Å²) >= 11 is 0. The molecule has 2 heterocycles. The van der Waals surface area contributed by atoms with Gasteiger partial charge in [-0.1, -0.05) is 25.1 Å². The van der Waals surface area contributed by atoms with E-state index in [4.69, 9.17) is 4.42 Å².